The standard InChI is InChI=1S/C12H10BrF3N4O/c1-20-6-18-10(19-20)5-17-11(21)7-2-3-9(13)8(4-7)12(14,15)16/h2-4,6H,5H2,1H3,(H,17,21). The molecule has 0 spiro atoms. The second kappa shape index (κ2) is 5.84. The van der Waals surface area contributed by atoms with Gasteiger partial charge >= 0.3 is 6.18 Å². The van der Waals surface area contributed by atoms with Gasteiger partial charge in [0.05, 0.1) is 12.1 Å². The maximum Gasteiger partial charge on any atom is 0.417 e. The molecule has 1 heterocycles. The molecule has 2 rings (SSSR count). The second-order valence-corrected chi connectivity index (χ2v) is 5.06. The van der Waals surface area contributed by atoms with Crippen LogP contribution < -0.4 is 5.32 Å². The van der Waals surface area contributed by atoms with Gasteiger partial charge in [-0.1, -0.05) is 15.9 Å². The summed E-state index contributed by atoms with van der Waals surface area (Å²) >= 11 is 2.82. The Balaban J connectivity index is 2.12. The molecule has 1 aromatic heterocycles. The van der Waals surface area contributed by atoms with E-state index in [2.05, 4.69) is 31.3 Å². The van der Waals surface area contributed by atoms with Crippen LogP contribution in [0.3, 0.4) is 0 Å². The number of aromatic nitrogens is 3. The van der Waals surface area contributed by atoms with Gasteiger partial charge in [0.1, 0.15) is 6.33 Å². The van der Waals surface area contributed by atoms with Gasteiger partial charge in [-0.15, -0.1) is 0 Å². The lowest BCUT2D eigenvalue weighted by molar-refractivity contribution is -0.138. The summed E-state index contributed by atoms with van der Waals surface area (Å²) in [6, 6.07) is 3.29. The predicted octanol–water partition coefficient (Wildman–Crippen LogP) is 2.53. The smallest absolute Gasteiger partial charge is 0.345 e. The number of carbonyl (C=O) groups excluding carboxylic acids is 1. The summed E-state index contributed by atoms with van der Waals surface area (Å²) in [6.07, 6.45) is -3.07. The van der Waals surface area contributed by atoms with Gasteiger partial charge in [-0.2, -0.15) is 18.3 Å². The molecule has 0 unspecified atom stereocenters. The van der Waals surface area contributed by atoms with E-state index in [9.17, 15) is 18.0 Å². The van der Waals surface area contributed by atoms with Crippen molar-refractivity contribution in [3.63, 3.8) is 0 Å². The SMILES string of the molecule is Cn1cnc(CNC(=O)c2ccc(Br)c(C(F)(F)F)c2)n1. The van der Waals surface area contributed by atoms with E-state index >= 15 is 0 Å². The summed E-state index contributed by atoms with van der Waals surface area (Å²) in [5.41, 5.74) is -0.979. The molecular formula is C12H10BrF3N4O. The van der Waals surface area contributed by atoms with Crippen LogP contribution in [0.1, 0.15) is 21.7 Å². The van der Waals surface area contributed by atoms with Crippen LogP contribution in [0.4, 0.5) is 13.2 Å². The number of nitrogens with one attached hydrogen (secondary N) is 1. The molecule has 0 fully saturated rings. The first-order valence-corrected chi connectivity index (χ1v) is 6.56. The van der Waals surface area contributed by atoms with Crippen LogP contribution >= 0.6 is 15.9 Å². The van der Waals surface area contributed by atoms with E-state index in [1.165, 1.54) is 23.1 Å². The van der Waals surface area contributed by atoms with Crippen molar-refractivity contribution in [1.82, 2.24) is 20.1 Å². The van der Waals surface area contributed by atoms with Crippen LogP contribution in [0.25, 0.3) is 0 Å². The van der Waals surface area contributed by atoms with Crippen molar-refractivity contribution in [1.29, 1.82) is 0 Å². The number of amides is 1. The number of hydrogen-bond donors (Lipinski definition) is 1. The fourth-order valence-corrected chi connectivity index (χ4v) is 2.08. The van der Waals surface area contributed by atoms with Crippen molar-refractivity contribution < 1.29 is 18.0 Å². The van der Waals surface area contributed by atoms with Crippen LogP contribution in [-0.2, 0) is 19.8 Å². The number of alkyl halides is 3. The molecule has 0 aliphatic heterocycles. The molecule has 0 bridgehead atoms. The topological polar surface area (TPSA) is 59.8 Å². The fourth-order valence-electron chi connectivity index (χ4n) is 1.61. The Morgan fingerprint density at radius 3 is 2.71 bits per heavy atom. The lowest BCUT2D eigenvalue weighted by Crippen LogP contribution is -2.24. The number of rotatable bonds is 3. The van der Waals surface area contributed by atoms with E-state index in [1.54, 1.807) is 7.05 Å². The number of nitrogens with zero attached hydrogens (tertiary/aromatic N) is 3. The molecule has 0 atom stereocenters. The molecule has 0 saturated carbocycles. The lowest BCUT2D eigenvalue weighted by atomic mass is 10.1. The molecule has 5 nitrogen and oxygen atoms in total. The van der Waals surface area contributed by atoms with Crippen LogP contribution in [-0.4, -0.2) is 20.7 Å². The average Bonchev–Trinajstić information content (AvgIpc) is 2.81. The Labute approximate surface area is 126 Å². The van der Waals surface area contributed by atoms with Gasteiger partial charge in [0.2, 0.25) is 0 Å². The third-order valence-corrected chi connectivity index (χ3v) is 3.28. The summed E-state index contributed by atoms with van der Waals surface area (Å²) in [6.45, 7) is 0.0388. The Morgan fingerprint density at radius 2 is 2.14 bits per heavy atom. The molecule has 0 saturated heterocycles. The van der Waals surface area contributed by atoms with Crippen molar-refractivity contribution in [3.05, 3.63) is 46.0 Å². The molecule has 0 aliphatic carbocycles. The highest BCUT2D eigenvalue weighted by Gasteiger charge is 2.33. The minimum absolute atomic E-state index is 0.0388. The summed E-state index contributed by atoms with van der Waals surface area (Å²) in [5.74, 6) is -0.251. The highest BCUT2D eigenvalue weighted by molar-refractivity contribution is 9.10. The molecule has 0 aliphatic rings. The summed E-state index contributed by atoms with van der Waals surface area (Å²) < 4.78 is 39.6. The third-order valence-electron chi connectivity index (χ3n) is 2.59. The number of benzene rings is 1. The van der Waals surface area contributed by atoms with Gasteiger partial charge < -0.3 is 5.32 Å². The zero-order chi connectivity index (χ0) is 15.6. The van der Waals surface area contributed by atoms with Gasteiger partial charge in [-0.25, -0.2) is 4.98 Å². The summed E-state index contributed by atoms with van der Waals surface area (Å²) in [5, 5.41) is 6.42. The van der Waals surface area contributed by atoms with Crippen LogP contribution in [0, 0.1) is 0 Å². The molecule has 9 heteroatoms. The van der Waals surface area contributed by atoms with Gasteiger partial charge in [0.15, 0.2) is 5.82 Å². The quantitative estimate of drug-likeness (QED) is 0.912. The summed E-state index contributed by atoms with van der Waals surface area (Å²) in [7, 11) is 1.67. The van der Waals surface area contributed by atoms with Crippen molar-refractivity contribution in [3.8, 4) is 0 Å². The van der Waals surface area contributed by atoms with Crippen LogP contribution in [0.2, 0.25) is 0 Å². The Hall–Kier alpha value is -1.90. The van der Waals surface area contributed by atoms with Crippen molar-refractivity contribution in [2.75, 3.05) is 0 Å². The van der Waals surface area contributed by atoms with Gasteiger partial charge in [0.25, 0.3) is 5.91 Å². The Morgan fingerprint density at radius 1 is 1.43 bits per heavy atom. The van der Waals surface area contributed by atoms with E-state index in [0.29, 0.717) is 5.82 Å². The maximum atomic E-state index is 12.8. The number of hydrogen-bond acceptors (Lipinski definition) is 3. The fraction of sp³-hybridized carbons (Fsp3) is 0.250. The lowest BCUT2D eigenvalue weighted by Gasteiger charge is -2.11. The minimum Gasteiger partial charge on any atom is -0.345 e. The van der Waals surface area contributed by atoms with Crippen LogP contribution in [0.5, 0.6) is 0 Å². The number of halogens is 4. The molecule has 21 heavy (non-hydrogen) atoms. The first-order valence-electron chi connectivity index (χ1n) is 5.77. The van der Waals surface area contributed by atoms with Crippen molar-refractivity contribution in [2.24, 2.45) is 7.05 Å². The average molecular weight is 363 g/mol. The van der Waals surface area contributed by atoms with Gasteiger partial charge in [-0.05, 0) is 18.2 Å². The minimum atomic E-state index is -4.53. The molecule has 2 aromatic rings. The highest BCUT2D eigenvalue weighted by atomic mass is 79.9. The first kappa shape index (κ1) is 15.5. The molecule has 1 N–H and O–H groups in total. The number of carbonyl (C=O) groups is 1. The van der Waals surface area contributed by atoms with Crippen molar-refractivity contribution in [2.45, 2.75) is 12.7 Å². The first-order chi connectivity index (χ1) is 9.77. The largest absolute Gasteiger partial charge is 0.417 e. The van der Waals surface area contributed by atoms with E-state index < -0.39 is 17.6 Å². The monoisotopic (exact) mass is 362 g/mol. The van der Waals surface area contributed by atoms with Crippen LogP contribution in [0.15, 0.2) is 29.0 Å². The van der Waals surface area contributed by atoms with Gasteiger partial charge in [0, 0.05) is 17.1 Å². The predicted molar refractivity (Wildman–Crippen MR) is 71.3 cm³/mol. The van der Waals surface area contributed by atoms with Gasteiger partial charge in [-0.3, -0.25) is 9.48 Å². The third kappa shape index (κ3) is 3.81. The molecule has 112 valence electrons. The van der Waals surface area contributed by atoms with E-state index in [1.807, 2.05) is 0 Å². The highest BCUT2D eigenvalue weighted by Crippen LogP contribution is 2.35. The maximum absolute atomic E-state index is 12.8. The molecule has 1 amide bonds. The molecule has 0 radical (unpaired) electrons. The normalized spacial score (nSPS) is 11.5. The van der Waals surface area contributed by atoms with E-state index in [4.69, 9.17) is 0 Å². The molecular weight excluding hydrogens is 353 g/mol. The zero-order valence-corrected chi connectivity index (χ0v) is 12.4. The number of aryl methyl sites for hydroxylation is 1. The Bertz CT molecular complexity index is 669. The summed E-state index contributed by atoms with van der Waals surface area (Å²) in [4.78, 5) is 15.8. The second-order valence-electron chi connectivity index (χ2n) is 4.21. The van der Waals surface area contributed by atoms with E-state index in [-0.39, 0.29) is 16.6 Å². The molecule has 1 aromatic carbocycles. The zero-order valence-electron chi connectivity index (χ0n) is 10.8. The Kier molecular flexibility index (Phi) is 4.31. The van der Waals surface area contributed by atoms with E-state index in [0.717, 1.165) is 6.07 Å². The van der Waals surface area contributed by atoms with Crippen molar-refractivity contribution >= 4 is 21.8 Å².